The van der Waals surface area contributed by atoms with Gasteiger partial charge in [-0.2, -0.15) is 20.3 Å². The maximum absolute atomic E-state index is 14.2. The minimum atomic E-state index is -1.17. The highest BCUT2D eigenvalue weighted by molar-refractivity contribution is 7.34. The van der Waals surface area contributed by atoms with E-state index in [0.717, 1.165) is 104 Å². The molecule has 76 heavy (non-hydrogen) atoms. The maximum Gasteiger partial charge on any atom is 0.424 e. The highest BCUT2D eigenvalue weighted by Crippen LogP contribution is 2.66. The van der Waals surface area contributed by atoms with Crippen LogP contribution in [0.5, 0.6) is 11.5 Å². The van der Waals surface area contributed by atoms with E-state index < -0.39 is 47.0 Å². The van der Waals surface area contributed by atoms with Gasteiger partial charge >= 0.3 is 12.2 Å². The monoisotopic (exact) mass is 1080 g/mol. The standard InChI is InChI=1S/C58H44N4O10S4/c1-31-37(51(63)61(53(65)39(31)27-59)55(67)69-29-33-15-7-3-8-16-33)23-35-25-41-45(73-35)47-43(57(71-41)19-11-5-12-20-57)49-50(75-47)44-48(76-49)46-42(72-58(44)21-13-6-14-22-58)26-36(74-46)24-38-32(2)40(28-60)54(66)62(52(38)64)56(68)70-30-34-17-9-4-10-18-34/h3-4,7-10,15-18,23-26H,5-6,11-14,19-22,29-30H2,1-2H3/b37-23-,38-24-. The summed E-state index contributed by atoms with van der Waals surface area (Å²) >= 11 is 6.34. The Morgan fingerprint density at radius 3 is 1.32 bits per heavy atom. The molecule has 380 valence electrons. The zero-order valence-corrected chi connectivity index (χ0v) is 44.3. The number of nitriles is 2. The molecule has 8 heterocycles. The Bertz CT molecular complexity index is 3510. The first-order valence-electron chi connectivity index (χ1n) is 25.0. The average Bonchev–Trinajstić information content (AvgIpc) is 4.30. The fourth-order valence-electron chi connectivity index (χ4n) is 11.3. The highest BCUT2D eigenvalue weighted by atomic mass is 32.1. The van der Waals surface area contributed by atoms with Crippen LogP contribution in [-0.2, 0) is 53.1 Å². The molecule has 2 saturated carbocycles. The van der Waals surface area contributed by atoms with Crippen molar-refractivity contribution < 1.29 is 47.7 Å². The number of hydrogen-bond acceptors (Lipinski definition) is 16. The maximum atomic E-state index is 14.2. The van der Waals surface area contributed by atoms with Crippen molar-refractivity contribution in [3.8, 4) is 43.1 Å². The van der Waals surface area contributed by atoms with Crippen molar-refractivity contribution in [1.29, 1.82) is 10.5 Å². The first-order chi connectivity index (χ1) is 36.8. The minimum absolute atomic E-state index is 0.0232. The second kappa shape index (κ2) is 19.1. The molecule has 6 aliphatic rings. The number of imide groups is 6. The number of hydrogen-bond donors (Lipinski definition) is 0. The molecule has 2 aliphatic carbocycles. The number of thiophene rings is 4. The van der Waals surface area contributed by atoms with Gasteiger partial charge in [0.15, 0.2) is 0 Å². The second-order valence-electron chi connectivity index (χ2n) is 19.6. The summed E-state index contributed by atoms with van der Waals surface area (Å²) in [6.45, 7) is 2.72. The van der Waals surface area contributed by atoms with E-state index in [0.29, 0.717) is 42.2 Å². The van der Waals surface area contributed by atoms with Crippen LogP contribution in [0.3, 0.4) is 0 Å². The number of fused-ring (bicyclic) bond motifs is 11. The lowest BCUT2D eigenvalue weighted by atomic mass is 9.76. The zero-order chi connectivity index (χ0) is 52.6. The Kier molecular flexibility index (Phi) is 12.4. The first kappa shape index (κ1) is 49.2. The van der Waals surface area contributed by atoms with Crippen LogP contribution in [0.2, 0.25) is 0 Å². The molecule has 2 fully saturated rings. The Morgan fingerprint density at radius 1 is 0.566 bits per heavy atom. The normalized spacial score (nSPS) is 19.5. The van der Waals surface area contributed by atoms with E-state index in [1.165, 1.54) is 36.5 Å². The van der Waals surface area contributed by atoms with Gasteiger partial charge in [0.05, 0.1) is 28.9 Å². The number of rotatable bonds is 6. The van der Waals surface area contributed by atoms with Crippen LogP contribution < -0.4 is 9.47 Å². The van der Waals surface area contributed by atoms with Crippen LogP contribution in [0.4, 0.5) is 9.59 Å². The van der Waals surface area contributed by atoms with E-state index in [4.69, 9.17) is 18.9 Å². The van der Waals surface area contributed by atoms with E-state index in [9.17, 15) is 39.3 Å². The van der Waals surface area contributed by atoms with Gasteiger partial charge in [-0.25, -0.2) is 9.59 Å². The summed E-state index contributed by atoms with van der Waals surface area (Å²) in [5, 5.41) is 20.3. The van der Waals surface area contributed by atoms with E-state index in [-0.39, 0.29) is 46.7 Å². The number of carbonyl (C=O) groups is 6. The summed E-state index contributed by atoms with van der Waals surface area (Å²) < 4.78 is 27.6. The van der Waals surface area contributed by atoms with Crippen molar-refractivity contribution in [1.82, 2.24) is 9.80 Å². The molecule has 4 aliphatic heterocycles. The molecule has 0 N–H and O–H groups in total. The third-order valence-corrected chi connectivity index (χ3v) is 20.0. The molecule has 18 heteroatoms. The van der Waals surface area contributed by atoms with Crippen LogP contribution in [-0.4, -0.2) is 45.6 Å². The van der Waals surface area contributed by atoms with E-state index >= 15 is 0 Å². The minimum Gasteiger partial charge on any atom is -0.481 e. The molecule has 6 aromatic rings. The summed E-state index contributed by atoms with van der Waals surface area (Å²) in [5.41, 5.74) is 2.04. The van der Waals surface area contributed by atoms with Crippen LogP contribution in [0.15, 0.2) is 106 Å². The highest BCUT2D eigenvalue weighted by Gasteiger charge is 2.51. The number of ether oxygens (including phenoxy) is 4. The molecule has 2 spiro atoms. The Balaban J connectivity index is 0.933. The second-order valence-corrected chi connectivity index (χ2v) is 23.8. The SMILES string of the molecule is CC1=C(C#N)C(=O)N(C(=O)OCc2ccccc2)C(=O)/C1=C\c1cc2c(s1)-c1sc3c4c(sc3c1C1(CCCCC1)O2)-c1sc(/C=C2\C(=O)N(C(=O)OCc3ccccc3)C(=O)C(C#N)=C2C)cc1OC41CCCCC1. The topological polar surface area (TPSA) is 193 Å². The molecule has 0 unspecified atom stereocenters. The third kappa shape index (κ3) is 7.96. The van der Waals surface area contributed by atoms with Gasteiger partial charge in [-0.05, 0) is 112 Å². The number of amides is 6. The van der Waals surface area contributed by atoms with Gasteiger partial charge < -0.3 is 18.9 Å². The summed E-state index contributed by atoms with van der Waals surface area (Å²) in [6.07, 6.45) is 10.1. The first-order valence-corrected chi connectivity index (χ1v) is 28.2. The van der Waals surface area contributed by atoms with Crippen molar-refractivity contribution in [3.05, 3.63) is 138 Å². The molecule has 12 rings (SSSR count). The van der Waals surface area contributed by atoms with Crippen molar-refractivity contribution >= 4 is 103 Å². The number of nitrogens with zero attached hydrogens (tertiary/aromatic N) is 4. The van der Waals surface area contributed by atoms with E-state index in [1.807, 2.05) is 36.4 Å². The molecule has 2 aromatic carbocycles. The predicted octanol–water partition coefficient (Wildman–Crippen LogP) is 13.4. The number of carbonyl (C=O) groups excluding carboxylic acids is 6. The molecule has 0 atom stereocenters. The van der Waals surface area contributed by atoms with Gasteiger partial charge in [-0.15, -0.1) is 45.3 Å². The van der Waals surface area contributed by atoms with Crippen molar-refractivity contribution in [2.24, 2.45) is 0 Å². The molecule has 4 aromatic heterocycles. The third-order valence-electron chi connectivity index (χ3n) is 15.0. The van der Waals surface area contributed by atoms with E-state index in [2.05, 4.69) is 0 Å². The Morgan fingerprint density at radius 2 is 0.947 bits per heavy atom. The van der Waals surface area contributed by atoms with Gasteiger partial charge in [0, 0.05) is 32.0 Å². The van der Waals surface area contributed by atoms with Crippen LogP contribution in [0.25, 0.3) is 41.1 Å². The summed E-state index contributed by atoms with van der Waals surface area (Å²) in [5.74, 6) is -2.48. The zero-order valence-electron chi connectivity index (χ0n) is 41.1. The van der Waals surface area contributed by atoms with Gasteiger partial charge in [0.2, 0.25) is 0 Å². The van der Waals surface area contributed by atoms with Crippen molar-refractivity contribution in [3.63, 3.8) is 0 Å². The lowest BCUT2D eigenvalue weighted by Crippen LogP contribution is -2.46. The Hall–Kier alpha value is -7.74. The quantitative estimate of drug-likeness (QED) is 0.113. The fourth-order valence-corrected chi connectivity index (χ4v) is 16.9. The van der Waals surface area contributed by atoms with Gasteiger partial charge in [0.25, 0.3) is 23.6 Å². The van der Waals surface area contributed by atoms with Crippen LogP contribution in [0.1, 0.15) is 110 Å². The number of benzene rings is 2. The molecule has 0 radical (unpaired) electrons. The van der Waals surface area contributed by atoms with Gasteiger partial charge in [-0.1, -0.05) is 73.5 Å². The smallest absolute Gasteiger partial charge is 0.424 e. The van der Waals surface area contributed by atoms with E-state index in [1.54, 1.807) is 83.4 Å². The van der Waals surface area contributed by atoms with Crippen LogP contribution in [0, 0.1) is 22.7 Å². The molecule has 6 amide bonds. The molecule has 0 saturated heterocycles. The van der Waals surface area contributed by atoms with Gasteiger partial charge in [0.1, 0.15) is 59.2 Å². The molecule has 0 bridgehead atoms. The summed E-state index contributed by atoms with van der Waals surface area (Å²) in [4.78, 5) is 88.2. The molecular formula is C58H44N4O10S4. The lowest BCUT2D eigenvalue weighted by molar-refractivity contribution is -0.140. The molecular weight excluding hydrogens is 1040 g/mol. The largest absolute Gasteiger partial charge is 0.481 e. The van der Waals surface area contributed by atoms with Crippen molar-refractivity contribution in [2.45, 2.75) is 102 Å². The predicted molar refractivity (Wildman–Crippen MR) is 287 cm³/mol. The van der Waals surface area contributed by atoms with Crippen molar-refractivity contribution in [2.75, 3.05) is 0 Å². The van der Waals surface area contributed by atoms with Gasteiger partial charge in [-0.3, -0.25) is 19.2 Å². The summed E-state index contributed by atoms with van der Waals surface area (Å²) in [7, 11) is 0. The lowest BCUT2D eigenvalue weighted by Gasteiger charge is -2.41. The van der Waals surface area contributed by atoms with Crippen LogP contribution >= 0.6 is 45.3 Å². The summed E-state index contributed by atoms with van der Waals surface area (Å²) in [6, 6.07) is 25.4. The fraction of sp³-hybridized carbons (Fsp3) is 0.276. The average molecular weight is 1090 g/mol. The Labute approximate surface area is 452 Å². The molecule has 14 nitrogen and oxygen atoms in total.